The number of benzene rings is 1. The van der Waals surface area contributed by atoms with Gasteiger partial charge in [-0.25, -0.2) is 0 Å². The summed E-state index contributed by atoms with van der Waals surface area (Å²) >= 11 is 0. The molecule has 1 N–H and O–H groups in total. The maximum atomic E-state index is 3.40. The molecule has 0 saturated heterocycles. The van der Waals surface area contributed by atoms with Gasteiger partial charge in [0.05, 0.1) is 0 Å². The van der Waals surface area contributed by atoms with Crippen molar-refractivity contribution in [1.29, 1.82) is 0 Å². The van der Waals surface area contributed by atoms with E-state index in [-0.39, 0.29) is 0 Å². The molecule has 0 atom stereocenters. The van der Waals surface area contributed by atoms with Crippen molar-refractivity contribution < 1.29 is 0 Å². The summed E-state index contributed by atoms with van der Waals surface area (Å²) in [6, 6.07) is 8.34. The highest BCUT2D eigenvalue weighted by Gasteiger charge is 2.07. The second-order valence-corrected chi connectivity index (χ2v) is 9.44. The summed E-state index contributed by atoms with van der Waals surface area (Å²) < 4.78 is 0. The first-order chi connectivity index (χ1) is 7.03. The van der Waals surface area contributed by atoms with E-state index in [0.717, 1.165) is 12.1 Å². The van der Waals surface area contributed by atoms with Crippen molar-refractivity contribution in [1.82, 2.24) is 5.32 Å². The summed E-state index contributed by atoms with van der Waals surface area (Å²) in [6.45, 7) is 7.68. The maximum absolute atomic E-state index is 3.40. The van der Waals surface area contributed by atoms with Crippen LogP contribution in [0.4, 0.5) is 0 Å². The summed E-state index contributed by atoms with van der Waals surface area (Å²) in [5.41, 5.74) is 5.84. The van der Waals surface area contributed by atoms with Gasteiger partial charge in [0, 0.05) is 12.1 Å². The van der Waals surface area contributed by atoms with Crippen molar-refractivity contribution in [2.75, 3.05) is 7.05 Å². The van der Waals surface area contributed by atoms with Crippen LogP contribution in [0.1, 0.15) is 11.1 Å². The molecule has 1 aromatic rings. The summed E-state index contributed by atoms with van der Waals surface area (Å²) in [5.74, 6) is 3.31. The molecule has 1 rings (SSSR count). The lowest BCUT2D eigenvalue weighted by Gasteiger charge is -2.06. The summed E-state index contributed by atoms with van der Waals surface area (Å²) in [7, 11) is 0.694. The van der Waals surface area contributed by atoms with Crippen LogP contribution in [0.15, 0.2) is 24.3 Å². The van der Waals surface area contributed by atoms with Crippen LogP contribution < -0.4 is 5.32 Å². The van der Waals surface area contributed by atoms with E-state index < -0.39 is 8.07 Å². The van der Waals surface area contributed by atoms with Crippen LogP contribution in [0.5, 0.6) is 0 Å². The minimum atomic E-state index is -1.27. The van der Waals surface area contributed by atoms with Gasteiger partial charge >= 0.3 is 0 Å². The summed E-state index contributed by atoms with van der Waals surface area (Å²) in [4.78, 5) is 0. The fourth-order valence-corrected chi connectivity index (χ4v) is 1.75. The van der Waals surface area contributed by atoms with E-state index in [1.54, 1.807) is 0 Å². The van der Waals surface area contributed by atoms with E-state index in [0.29, 0.717) is 0 Å². The fraction of sp³-hybridized carbons (Fsp3) is 0.385. The second kappa shape index (κ2) is 5.15. The highest BCUT2D eigenvalue weighted by molar-refractivity contribution is 6.83. The Morgan fingerprint density at radius 2 is 1.87 bits per heavy atom. The van der Waals surface area contributed by atoms with Crippen molar-refractivity contribution >= 4 is 8.07 Å². The number of hydrogen-bond acceptors (Lipinski definition) is 1. The molecular weight excluding hydrogens is 198 g/mol. The van der Waals surface area contributed by atoms with Gasteiger partial charge < -0.3 is 5.32 Å². The summed E-state index contributed by atoms with van der Waals surface area (Å²) in [6.07, 6.45) is 0. The van der Waals surface area contributed by atoms with E-state index in [1.165, 1.54) is 5.56 Å². The van der Waals surface area contributed by atoms with Crippen molar-refractivity contribution in [2.45, 2.75) is 26.2 Å². The SMILES string of the molecule is CNCc1ccccc1C#C[Si](C)(C)C. The van der Waals surface area contributed by atoms with E-state index >= 15 is 0 Å². The van der Waals surface area contributed by atoms with E-state index in [1.807, 2.05) is 13.1 Å². The average molecular weight is 217 g/mol. The lowest BCUT2D eigenvalue weighted by molar-refractivity contribution is 0.816. The van der Waals surface area contributed by atoms with Gasteiger partial charge in [-0.05, 0) is 18.7 Å². The van der Waals surface area contributed by atoms with Gasteiger partial charge in [-0.1, -0.05) is 43.8 Å². The molecule has 15 heavy (non-hydrogen) atoms. The van der Waals surface area contributed by atoms with E-state index in [2.05, 4.69) is 54.6 Å². The predicted molar refractivity (Wildman–Crippen MR) is 69.4 cm³/mol. The monoisotopic (exact) mass is 217 g/mol. The van der Waals surface area contributed by atoms with Gasteiger partial charge in [0.25, 0.3) is 0 Å². The first-order valence-electron chi connectivity index (χ1n) is 5.28. The van der Waals surface area contributed by atoms with Crippen LogP contribution in [0.3, 0.4) is 0 Å². The second-order valence-electron chi connectivity index (χ2n) is 4.69. The molecule has 0 amide bonds. The van der Waals surface area contributed by atoms with Crippen LogP contribution in [-0.2, 0) is 6.54 Å². The lowest BCUT2D eigenvalue weighted by atomic mass is 10.1. The summed E-state index contributed by atoms with van der Waals surface area (Å²) in [5, 5.41) is 3.17. The molecule has 2 heteroatoms. The van der Waals surface area contributed by atoms with Crippen LogP contribution in [0.2, 0.25) is 19.6 Å². The van der Waals surface area contributed by atoms with Crippen LogP contribution in [0, 0.1) is 11.5 Å². The minimum absolute atomic E-state index is 0.885. The molecule has 0 aliphatic carbocycles. The van der Waals surface area contributed by atoms with E-state index in [4.69, 9.17) is 0 Å². The molecular formula is C13H19NSi. The zero-order valence-corrected chi connectivity index (χ0v) is 11.0. The van der Waals surface area contributed by atoms with Gasteiger partial charge in [0.2, 0.25) is 0 Å². The number of nitrogens with one attached hydrogen (secondary N) is 1. The molecule has 0 bridgehead atoms. The maximum Gasteiger partial charge on any atom is 0.129 e. The molecule has 0 fully saturated rings. The lowest BCUT2D eigenvalue weighted by Crippen LogP contribution is -2.16. The van der Waals surface area contributed by atoms with Crippen LogP contribution in [0.25, 0.3) is 0 Å². The largest absolute Gasteiger partial charge is 0.316 e. The Bertz CT molecular complexity index is 380. The third-order valence-electron chi connectivity index (χ3n) is 1.96. The Kier molecular flexibility index (Phi) is 4.13. The van der Waals surface area contributed by atoms with E-state index in [9.17, 15) is 0 Å². The highest BCUT2D eigenvalue weighted by Crippen LogP contribution is 2.07. The topological polar surface area (TPSA) is 12.0 Å². The zero-order valence-electron chi connectivity index (χ0n) is 10.0. The Hall–Kier alpha value is -1.04. The smallest absolute Gasteiger partial charge is 0.129 e. The van der Waals surface area contributed by atoms with Crippen LogP contribution in [-0.4, -0.2) is 15.1 Å². The van der Waals surface area contributed by atoms with Gasteiger partial charge in [-0.3, -0.25) is 0 Å². The molecule has 0 saturated carbocycles. The van der Waals surface area contributed by atoms with Crippen molar-refractivity contribution in [3.63, 3.8) is 0 Å². The number of hydrogen-bond donors (Lipinski definition) is 1. The molecule has 80 valence electrons. The zero-order chi connectivity index (χ0) is 11.3. The normalized spacial score (nSPS) is 10.7. The molecule has 1 aromatic carbocycles. The molecule has 0 unspecified atom stereocenters. The Morgan fingerprint density at radius 3 is 2.47 bits per heavy atom. The number of rotatable bonds is 2. The molecule has 0 aromatic heterocycles. The quantitative estimate of drug-likeness (QED) is 0.593. The van der Waals surface area contributed by atoms with Crippen molar-refractivity contribution in [2.24, 2.45) is 0 Å². The molecule has 0 heterocycles. The van der Waals surface area contributed by atoms with Gasteiger partial charge in [0.15, 0.2) is 0 Å². The minimum Gasteiger partial charge on any atom is -0.316 e. The first-order valence-corrected chi connectivity index (χ1v) is 8.78. The third kappa shape index (κ3) is 4.33. The van der Waals surface area contributed by atoms with Crippen LogP contribution >= 0.6 is 0 Å². The average Bonchev–Trinajstić information content (AvgIpc) is 2.16. The Morgan fingerprint density at radius 1 is 1.20 bits per heavy atom. The molecule has 1 nitrogen and oxygen atoms in total. The van der Waals surface area contributed by atoms with Gasteiger partial charge in [0.1, 0.15) is 8.07 Å². The fourth-order valence-electron chi connectivity index (χ4n) is 1.24. The van der Waals surface area contributed by atoms with Gasteiger partial charge in [-0.2, -0.15) is 0 Å². The standard InChI is InChI=1S/C13H19NSi/c1-14-11-13-8-6-5-7-12(13)9-10-15(2,3)4/h5-8,14H,11H2,1-4H3. The van der Waals surface area contributed by atoms with Crippen molar-refractivity contribution in [3.8, 4) is 11.5 Å². The molecule has 0 radical (unpaired) electrons. The molecule has 0 aliphatic heterocycles. The molecule has 0 aliphatic rings. The highest BCUT2D eigenvalue weighted by atomic mass is 28.3. The van der Waals surface area contributed by atoms with Gasteiger partial charge in [-0.15, -0.1) is 5.54 Å². The third-order valence-corrected chi connectivity index (χ3v) is 2.83. The first kappa shape index (κ1) is 12.0. The molecule has 0 spiro atoms. The Labute approximate surface area is 93.9 Å². The Balaban J connectivity index is 2.97. The van der Waals surface area contributed by atoms with Crippen molar-refractivity contribution in [3.05, 3.63) is 35.4 Å². The predicted octanol–water partition coefficient (Wildman–Crippen LogP) is 2.63.